The fraction of sp³-hybridized carbons (Fsp3) is 0.400. The van der Waals surface area contributed by atoms with E-state index in [1.807, 2.05) is 4.90 Å². The molecule has 0 bridgehead atoms. The molecule has 2 aliphatic heterocycles. The highest BCUT2D eigenvalue weighted by Crippen LogP contribution is 2.23. The van der Waals surface area contributed by atoms with Crippen LogP contribution < -0.4 is 25.6 Å². The average Bonchev–Trinajstić information content (AvgIpc) is 2.92. The Balaban J connectivity index is 1.36. The van der Waals surface area contributed by atoms with Crippen molar-refractivity contribution in [2.24, 2.45) is 4.99 Å². The maximum Gasteiger partial charge on any atom is 0.323 e. The van der Waals surface area contributed by atoms with Gasteiger partial charge in [-0.1, -0.05) is 18.2 Å². The minimum atomic E-state index is -4.12. The minimum Gasteiger partial charge on any atom is -0.480 e. The van der Waals surface area contributed by atoms with Gasteiger partial charge >= 0.3 is 5.97 Å². The van der Waals surface area contributed by atoms with E-state index in [1.54, 1.807) is 12.1 Å². The number of aliphatic imine (C=N–C) groups is 1. The third kappa shape index (κ3) is 7.19. The molecule has 11 nitrogen and oxygen atoms in total. The summed E-state index contributed by atoms with van der Waals surface area (Å²) in [5.74, 6) is -1.97. The number of amides is 1. The van der Waals surface area contributed by atoms with Crippen LogP contribution in [0.1, 0.15) is 29.6 Å². The van der Waals surface area contributed by atoms with Gasteiger partial charge in [-0.05, 0) is 49.6 Å². The fourth-order valence-electron chi connectivity index (χ4n) is 4.32. The van der Waals surface area contributed by atoms with Crippen LogP contribution >= 0.6 is 0 Å². The third-order valence-electron chi connectivity index (χ3n) is 6.36. The molecule has 2 heterocycles. The van der Waals surface area contributed by atoms with Crippen LogP contribution in [0.15, 0.2) is 58.4 Å². The minimum absolute atomic E-state index is 0.0102. The third-order valence-corrected chi connectivity index (χ3v) is 7.85. The van der Waals surface area contributed by atoms with E-state index in [0.29, 0.717) is 18.8 Å². The first-order valence-electron chi connectivity index (χ1n) is 12.4. The molecular weight excluding hydrogens is 515 g/mol. The Kier molecular flexibility index (Phi) is 8.79. The number of hydrogen-bond donors (Lipinski definition) is 5. The lowest BCUT2D eigenvalue weighted by Crippen LogP contribution is -2.50. The molecule has 1 fully saturated rings. The largest absolute Gasteiger partial charge is 0.480 e. The van der Waals surface area contributed by atoms with E-state index in [2.05, 4.69) is 25.7 Å². The van der Waals surface area contributed by atoms with Crippen molar-refractivity contribution in [2.45, 2.75) is 36.2 Å². The highest BCUT2D eigenvalue weighted by molar-refractivity contribution is 7.89. The Labute approximate surface area is 220 Å². The van der Waals surface area contributed by atoms with E-state index in [4.69, 9.17) is 0 Å². The molecule has 0 aromatic heterocycles. The molecule has 2 aliphatic rings. The number of nitrogens with one attached hydrogen (secondary N) is 4. The fourth-order valence-corrected chi connectivity index (χ4v) is 5.53. The van der Waals surface area contributed by atoms with Gasteiger partial charge in [-0.2, -0.15) is 4.72 Å². The number of halogens is 1. The standard InChI is InChI=1S/C25H31FN6O5S/c26-18-13-17(14-20(15-18)32-11-7-19(8-12-32)30-25-27-9-4-10-28-25)23(33)29-16-22(24(34)35)31-38(36,37)21-5-2-1-3-6-21/h1-3,5-6,13-15,19,22,31H,4,7-12,16H2,(H,29,33)(H,34,35)(H2,27,28,30). The lowest BCUT2D eigenvalue weighted by atomic mass is 10.0. The van der Waals surface area contributed by atoms with E-state index in [9.17, 15) is 27.5 Å². The molecule has 0 radical (unpaired) electrons. The second-order valence-electron chi connectivity index (χ2n) is 9.15. The Morgan fingerprint density at radius 3 is 2.55 bits per heavy atom. The van der Waals surface area contributed by atoms with Crippen molar-refractivity contribution in [1.82, 2.24) is 20.7 Å². The molecule has 1 saturated heterocycles. The Morgan fingerprint density at radius 2 is 1.89 bits per heavy atom. The van der Waals surface area contributed by atoms with Crippen molar-refractivity contribution in [3.63, 3.8) is 0 Å². The van der Waals surface area contributed by atoms with Crippen LogP contribution in [-0.2, 0) is 14.8 Å². The summed E-state index contributed by atoms with van der Waals surface area (Å²) >= 11 is 0. The molecule has 0 aliphatic carbocycles. The predicted molar refractivity (Wildman–Crippen MR) is 140 cm³/mol. The molecule has 4 rings (SSSR count). The molecule has 204 valence electrons. The van der Waals surface area contributed by atoms with Crippen LogP contribution in [0, 0.1) is 5.82 Å². The van der Waals surface area contributed by atoms with E-state index >= 15 is 0 Å². The number of nitrogens with zero attached hydrogens (tertiary/aromatic N) is 2. The molecule has 1 unspecified atom stereocenters. The summed E-state index contributed by atoms with van der Waals surface area (Å²) in [6, 6.07) is 9.88. The van der Waals surface area contributed by atoms with E-state index in [-0.39, 0.29) is 16.5 Å². The van der Waals surface area contributed by atoms with E-state index in [1.165, 1.54) is 30.3 Å². The Morgan fingerprint density at radius 1 is 1.16 bits per heavy atom. The number of benzene rings is 2. The predicted octanol–water partition coefficient (Wildman–Crippen LogP) is 0.895. The van der Waals surface area contributed by atoms with Gasteiger partial charge in [0, 0.05) is 50.0 Å². The van der Waals surface area contributed by atoms with Crippen LogP contribution in [0.5, 0.6) is 0 Å². The van der Waals surface area contributed by atoms with Crippen molar-refractivity contribution < 1.29 is 27.5 Å². The zero-order valence-electron chi connectivity index (χ0n) is 20.7. The SMILES string of the molecule is O=C(NCC(NS(=O)(=O)c1ccccc1)C(=O)O)c1cc(F)cc(N2CCC(NC3=NCCCN3)CC2)c1. The average molecular weight is 547 g/mol. The van der Waals surface area contributed by atoms with Gasteiger partial charge in [-0.25, -0.2) is 12.8 Å². The Hall–Kier alpha value is -3.71. The normalized spacial score (nSPS) is 17.2. The van der Waals surface area contributed by atoms with Crippen molar-refractivity contribution in [3.05, 3.63) is 59.9 Å². The van der Waals surface area contributed by atoms with Crippen molar-refractivity contribution in [3.8, 4) is 0 Å². The number of carbonyl (C=O) groups excluding carboxylic acids is 1. The molecule has 0 spiro atoms. The number of sulfonamides is 1. The van der Waals surface area contributed by atoms with E-state index in [0.717, 1.165) is 44.4 Å². The zero-order valence-corrected chi connectivity index (χ0v) is 21.5. The van der Waals surface area contributed by atoms with Gasteiger partial charge in [-0.15, -0.1) is 0 Å². The van der Waals surface area contributed by atoms with Gasteiger partial charge < -0.3 is 26.0 Å². The smallest absolute Gasteiger partial charge is 0.323 e. The number of guanidine groups is 1. The molecule has 0 saturated carbocycles. The number of anilines is 1. The maximum absolute atomic E-state index is 14.4. The second-order valence-corrected chi connectivity index (χ2v) is 10.9. The zero-order chi connectivity index (χ0) is 27.1. The first kappa shape index (κ1) is 27.3. The number of rotatable bonds is 9. The van der Waals surface area contributed by atoms with Crippen molar-refractivity contribution >= 4 is 33.5 Å². The molecule has 2 aromatic carbocycles. The van der Waals surface area contributed by atoms with Gasteiger partial charge in [0.15, 0.2) is 5.96 Å². The van der Waals surface area contributed by atoms with Crippen LogP contribution in [-0.4, -0.2) is 76.2 Å². The first-order chi connectivity index (χ1) is 18.2. The second kappa shape index (κ2) is 12.2. The van der Waals surface area contributed by atoms with Gasteiger partial charge in [-0.3, -0.25) is 14.6 Å². The summed E-state index contributed by atoms with van der Waals surface area (Å²) in [7, 11) is -4.12. The van der Waals surface area contributed by atoms with Gasteiger partial charge in [0.05, 0.1) is 4.90 Å². The number of aliphatic carboxylic acids is 1. The molecule has 1 atom stereocenters. The topological polar surface area (TPSA) is 152 Å². The number of carboxylic acids is 1. The number of hydrogen-bond acceptors (Lipinski definition) is 8. The van der Waals surface area contributed by atoms with Crippen molar-refractivity contribution in [2.75, 3.05) is 37.6 Å². The summed E-state index contributed by atoms with van der Waals surface area (Å²) in [4.78, 5) is 30.8. The molecule has 13 heteroatoms. The summed E-state index contributed by atoms with van der Waals surface area (Å²) in [6.45, 7) is 2.47. The summed E-state index contributed by atoms with van der Waals surface area (Å²) in [5.41, 5.74) is 0.553. The molecule has 2 aromatic rings. The van der Waals surface area contributed by atoms with Gasteiger partial charge in [0.2, 0.25) is 10.0 Å². The van der Waals surface area contributed by atoms with Gasteiger partial charge in [0.1, 0.15) is 11.9 Å². The summed E-state index contributed by atoms with van der Waals surface area (Å²) in [5, 5.41) is 18.5. The van der Waals surface area contributed by atoms with Crippen LogP contribution in [0.2, 0.25) is 0 Å². The van der Waals surface area contributed by atoms with Crippen molar-refractivity contribution in [1.29, 1.82) is 0 Å². The first-order valence-corrected chi connectivity index (χ1v) is 13.9. The lowest BCUT2D eigenvalue weighted by molar-refractivity contribution is -0.138. The van der Waals surface area contributed by atoms with Gasteiger partial charge in [0.25, 0.3) is 5.91 Å². The van der Waals surface area contributed by atoms with E-state index < -0.39 is 40.3 Å². The van der Waals surface area contributed by atoms with Crippen LogP contribution in [0.3, 0.4) is 0 Å². The monoisotopic (exact) mass is 546 g/mol. The molecular formula is C25H31FN6O5S. The summed E-state index contributed by atoms with van der Waals surface area (Å²) < 4.78 is 41.5. The molecule has 1 amide bonds. The number of carboxylic acid groups (broad SMARTS) is 1. The highest BCUT2D eigenvalue weighted by atomic mass is 32.2. The van der Waals surface area contributed by atoms with Crippen LogP contribution in [0.4, 0.5) is 10.1 Å². The quantitative estimate of drug-likeness (QED) is 0.311. The number of piperidine rings is 1. The van der Waals surface area contributed by atoms with Crippen LogP contribution in [0.25, 0.3) is 0 Å². The maximum atomic E-state index is 14.4. The Bertz CT molecular complexity index is 1280. The summed E-state index contributed by atoms with van der Waals surface area (Å²) in [6.07, 6.45) is 2.63. The number of carbonyl (C=O) groups is 2. The lowest BCUT2D eigenvalue weighted by Gasteiger charge is -2.35. The molecule has 38 heavy (non-hydrogen) atoms. The highest BCUT2D eigenvalue weighted by Gasteiger charge is 2.27. The molecule has 5 N–H and O–H groups in total.